The fourth-order valence-electron chi connectivity index (χ4n) is 1.59. The highest BCUT2D eigenvalue weighted by molar-refractivity contribution is 5.94. The number of benzene rings is 1. The summed E-state index contributed by atoms with van der Waals surface area (Å²) in [4.78, 5) is 11.7. The number of aliphatic hydroxyl groups excluding tert-OH is 1. The zero-order valence-electron chi connectivity index (χ0n) is 10.2. The van der Waals surface area contributed by atoms with E-state index in [1.54, 1.807) is 0 Å². The summed E-state index contributed by atoms with van der Waals surface area (Å²) in [5, 5.41) is 10.8. The fourth-order valence-corrected chi connectivity index (χ4v) is 1.59. The van der Waals surface area contributed by atoms with Crippen molar-refractivity contribution in [1.29, 1.82) is 0 Å². The third kappa shape index (κ3) is 3.32. The summed E-state index contributed by atoms with van der Waals surface area (Å²) in [5.74, 6) is 0.105. The topological polar surface area (TPSA) is 67.8 Å². The number of ether oxygens (including phenoxy) is 2. The molecule has 1 unspecified atom stereocenters. The molecule has 1 aliphatic heterocycles. The number of nitrogens with one attached hydrogen (secondary N) is 1. The van der Waals surface area contributed by atoms with Crippen molar-refractivity contribution in [3.05, 3.63) is 23.8 Å². The number of hydrogen-bond acceptors (Lipinski definition) is 4. The number of fused-ring (bicyclic) bond motifs is 1. The molecule has 0 spiro atoms. The summed E-state index contributed by atoms with van der Waals surface area (Å²) < 4.78 is 46.8. The van der Waals surface area contributed by atoms with E-state index in [2.05, 4.69) is 0 Å². The molecule has 2 rings (SSSR count). The predicted molar refractivity (Wildman–Crippen MR) is 61.8 cm³/mol. The predicted octanol–water partition coefficient (Wildman–Crippen LogP) is 1.11. The molecule has 0 radical (unpaired) electrons. The number of carbonyl (C=O) groups excluding carboxylic acids is 1. The summed E-state index contributed by atoms with van der Waals surface area (Å²) in [5.41, 5.74) is 0.128. The van der Waals surface area contributed by atoms with E-state index in [0.29, 0.717) is 24.7 Å². The van der Waals surface area contributed by atoms with Crippen LogP contribution in [0.25, 0.3) is 0 Å². The number of amides is 1. The maximum absolute atomic E-state index is 12.1. The Morgan fingerprint density at radius 2 is 1.95 bits per heavy atom. The number of alkyl halides is 3. The molecule has 0 saturated carbocycles. The van der Waals surface area contributed by atoms with Gasteiger partial charge >= 0.3 is 6.18 Å². The smallest absolute Gasteiger partial charge is 0.416 e. The van der Waals surface area contributed by atoms with Gasteiger partial charge in [-0.25, -0.2) is 0 Å². The lowest BCUT2D eigenvalue weighted by Gasteiger charge is -2.19. The normalized spacial score (nSPS) is 15.6. The van der Waals surface area contributed by atoms with Crippen LogP contribution in [0.15, 0.2) is 18.2 Å². The zero-order chi connectivity index (χ0) is 14.8. The summed E-state index contributed by atoms with van der Waals surface area (Å²) in [6, 6.07) is 4.29. The minimum absolute atomic E-state index is 0.128. The molecule has 0 saturated heterocycles. The van der Waals surface area contributed by atoms with Crippen molar-refractivity contribution < 1.29 is 32.5 Å². The Morgan fingerprint density at radius 3 is 2.60 bits per heavy atom. The molecule has 8 heteroatoms. The van der Waals surface area contributed by atoms with E-state index in [4.69, 9.17) is 14.6 Å². The maximum Gasteiger partial charge on any atom is 0.416 e. The van der Waals surface area contributed by atoms with Gasteiger partial charge in [-0.15, -0.1) is 0 Å². The van der Waals surface area contributed by atoms with Gasteiger partial charge in [-0.3, -0.25) is 4.79 Å². The van der Waals surface area contributed by atoms with E-state index < -0.39 is 24.7 Å². The minimum atomic E-state index is -4.76. The molecule has 0 fully saturated rings. The maximum atomic E-state index is 12.1. The van der Waals surface area contributed by atoms with Crippen molar-refractivity contribution in [3.63, 3.8) is 0 Å². The van der Waals surface area contributed by atoms with Gasteiger partial charge in [-0.1, -0.05) is 0 Å². The number of hydrogen-bond donors (Lipinski definition) is 2. The molecule has 0 aromatic heterocycles. The number of aliphatic hydroxyl groups is 1. The molecule has 1 aliphatic rings. The molecule has 1 aromatic carbocycles. The largest absolute Gasteiger partial charge is 0.486 e. The van der Waals surface area contributed by atoms with Gasteiger partial charge in [-0.2, -0.15) is 13.2 Å². The number of rotatable bonds is 3. The van der Waals surface area contributed by atoms with Crippen LogP contribution in [0.4, 0.5) is 13.2 Å². The van der Waals surface area contributed by atoms with Crippen LogP contribution in [0.5, 0.6) is 11.5 Å². The average molecular weight is 291 g/mol. The number of halogens is 3. The average Bonchev–Trinajstić information content (AvgIpc) is 2.42. The minimum Gasteiger partial charge on any atom is -0.486 e. The quantitative estimate of drug-likeness (QED) is 0.875. The van der Waals surface area contributed by atoms with Gasteiger partial charge in [0.1, 0.15) is 13.2 Å². The summed E-state index contributed by atoms with van der Waals surface area (Å²) in [6.07, 6.45) is -7.36. The molecular formula is C12H12F3NO4. The fraction of sp³-hybridized carbons (Fsp3) is 0.417. The second-order valence-corrected chi connectivity index (χ2v) is 4.13. The van der Waals surface area contributed by atoms with Crippen molar-refractivity contribution >= 4 is 5.91 Å². The summed E-state index contributed by atoms with van der Waals surface area (Å²) >= 11 is 0. The third-order valence-electron chi connectivity index (χ3n) is 2.64. The molecular weight excluding hydrogens is 279 g/mol. The Morgan fingerprint density at radius 1 is 1.30 bits per heavy atom. The second kappa shape index (κ2) is 5.58. The van der Waals surface area contributed by atoms with E-state index in [-0.39, 0.29) is 5.56 Å². The van der Waals surface area contributed by atoms with Gasteiger partial charge < -0.3 is 19.9 Å². The Labute approximate surface area is 112 Å². The van der Waals surface area contributed by atoms with Crippen LogP contribution in [0.1, 0.15) is 10.4 Å². The Hall–Kier alpha value is -1.96. The van der Waals surface area contributed by atoms with Crippen molar-refractivity contribution in [2.24, 2.45) is 0 Å². The van der Waals surface area contributed by atoms with Gasteiger partial charge in [-0.05, 0) is 18.2 Å². The molecule has 0 bridgehead atoms. The lowest BCUT2D eigenvalue weighted by molar-refractivity contribution is -0.201. The first kappa shape index (κ1) is 14.4. The molecule has 2 N–H and O–H groups in total. The highest BCUT2D eigenvalue weighted by Gasteiger charge is 2.38. The Bertz CT molecular complexity index is 504. The van der Waals surface area contributed by atoms with Crippen molar-refractivity contribution in [1.82, 2.24) is 5.32 Å². The molecule has 110 valence electrons. The lowest BCUT2D eigenvalue weighted by atomic mass is 10.1. The van der Waals surface area contributed by atoms with E-state index in [9.17, 15) is 18.0 Å². The Kier molecular flexibility index (Phi) is 4.03. The van der Waals surface area contributed by atoms with E-state index in [0.717, 1.165) is 0 Å². The molecule has 1 amide bonds. The summed E-state index contributed by atoms with van der Waals surface area (Å²) in [6.45, 7) is -0.169. The third-order valence-corrected chi connectivity index (χ3v) is 2.64. The lowest BCUT2D eigenvalue weighted by Crippen LogP contribution is -2.40. The van der Waals surface area contributed by atoms with Crippen molar-refractivity contribution in [2.75, 3.05) is 19.8 Å². The zero-order valence-corrected chi connectivity index (χ0v) is 10.2. The van der Waals surface area contributed by atoms with Crippen LogP contribution in [0, 0.1) is 0 Å². The molecule has 1 heterocycles. The first-order valence-corrected chi connectivity index (χ1v) is 5.80. The summed E-state index contributed by atoms with van der Waals surface area (Å²) in [7, 11) is 0. The standard InChI is InChI=1S/C12H12F3NO4/c13-12(14,15)10(17)6-16-11(18)7-1-2-8-9(5-7)20-4-3-19-8/h1-2,5,10,17H,3-4,6H2,(H,16,18). The highest BCUT2D eigenvalue weighted by Crippen LogP contribution is 2.30. The van der Waals surface area contributed by atoms with E-state index in [1.807, 2.05) is 5.32 Å². The van der Waals surface area contributed by atoms with E-state index >= 15 is 0 Å². The first-order chi connectivity index (χ1) is 9.38. The monoisotopic (exact) mass is 291 g/mol. The van der Waals surface area contributed by atoms with Crippen LogP contribution in [0.2, 0.25) is 0 Å². The van der Waals surface area contributed by atoms with Crippen LogP contribution in [-0.2, 0) is 0 Å². The Balaban J connectivity index is 1.99. The van der Waals surface area contributed by atoms with Gasteiger partial charge in [0.15, 0.2) is 17.6 Å². The van der Waals surface area contributed by atoms with Gasteiger partial charge in [0.25, 0.3) is 5.91 Å². The SMILES string of the molecule is O=C(NCC(O)C(F)(F)F)c1ccc2c(c1)OCCO2. The molecule has 1 atom stereocenters. The van der Waals surface area contributed by atoms with Crippen molar-refractivity contribution in [3.8, 4) is 11.5 Å². The van der Waals surface area contributed by atoms with E-state index in [1.165, 1.54) is 18.2 Å². The van der Waals surface area contributed by atoms with Crippen LogP contribution in [0.3, 0.4) is 0 Å². The second-order valence-electron chi connectivity index (χ2n) is 4.13. The van der Waals surface area contributed by atoms with Crippen LogP contribution >= 0.6 is 0 Å². The highest BCUT2D eigenvalue weighted by atomic mass is 19.4. The molecule has 20 heavy (non-hydrogen) atoms. The first-order valence-electron chi connectivity index (χ1n) is 5.80. The van der Waals surface area contributed by atoms with Gasteiger partial charge in [0.2, 0.25) is 0 Å². The molecule has 1 aromatic rings. The van der Waals surface area contributed by atoms with Crippen molar-refractivity contribution in [2.45, 2.75) is 12.3 Å². The molecule has 5 nitrogen and oxygen atoms in total. The van der Waals surface area contributed by atoms with Gasteiger partial charge in [0, 0.05) is 5.56 Å². The van der Waals surface area contributed by atoms with Crippen LogP contribution in [-0.4, -0.2) is 43.1 Å². The van der Waals surface area contributed by atoms with Crippen LogP contribution < -0.4 is 14.8 Å². The molecule has 0 aliphatic carbocycles. The number of carbonyl (C=O) groups is 1. The van der Waals surface area contributed by atoms with Gasteiger partial charge in [0.05, 0.1) is 6.54 Å².